The zero-order chi connectivity index (χ0) is 20.8. The first kappa shape index (κ1) is 19.3. The lowest BCUT2D eigenvalue weighted by Gasteiger charge is -2.37. The minimum atomic E-state index is -1.93. The fourth-order valence-electron chi connectivity index (χ4n) is 3.73. The van der Waals surface area contributed by atoms with Crippen molar-refractivity contribution in [1.82, 2.24) is 10.2 Å². The summed E-state index contributed by atoms with van der Waals surface area (Å²) >= 11 is 0. The zero-order valence-electron chi connectivity index (χ0n) is 16.0. The number of nitro groups is 1. The normalized spacial score (nSPS) is 26.0. The first-order chi connectivity index (χ1) is 13.8. The summed E-state index contributed by atoms with van der Waals surface area (Å²) in [5.41, 5.74) is -2.01. The molecule has 3 amide bonds. The second kappa shape index (κ2) is 7.11. The number of ether oxygens (including phenoxy) is 1. The first-order valence-corrected chi connectivity index (χ1v) is 9.68. The van der Waals surface area contributed by atoms with Crippen molar-refractivity contribution in [2.45, 2.75) is 44.2 Å². The Morgan fingerprint density at radius 2 is 2.07 bits per heavy atom. The van der Waals surface area contributed by atoms with E-state index in [1.165, 1.54) is 30.0 Å². The lowest BCUT2D eigenvalue weighted by molar-refractivity contribution is -0.384. The summed E-state index contributed by atoms with van der Waals surface area (Å²) in [5, 5.41) is 16.6. The lowest BCUT2D eigenvalue weighted by Crippen LogP contribution is -2.62. The van der Waals surface area contributed by atoms with Gasteiger partial charge in [0.05, 0.1) is 16.5 Å². The van der Waals surface area contributed by atoms with E-state index in [2.05, 4.69) is 10.6 Å². The van der Waals surface area contributed by atoms with Crippen LogP contribution in [0.5, 0.6) is 5.75 Å². The predicted molar refractivity (Wildman–Crippen MR) is 101 cm³/mol. The smallest absolute Gasteiger partial charge is 0.283 e. The fraction of sp³-hybridized carbons (Fsp3) is 0.526. The van der Waals surface area contributed by atoms with Gasteiger partial charge in [-0.2, -0.15) is 0 Å². The highest BCUT2D eigenvalue weighted by Crippen LogP contribution is 2.39. The number of fused-ring (bicyclic) bond motifs is 1. The number of nitrogens with one attached hydrogen (secondary N) is 2. The minimum absolute atomic E-state index is 0.121. The van der Waals surface area contributed by atoms with Gasteiger partial charge in [-0.3, -0.25) is 29.4 Å². The van der Waals surface area contributed by atoms with Crippen LogP contribution in [-0.4, -0.2) is 52.3 Å². The summed E-state index contributed by atoms with van der Waals surface area (Å²) in [4.78, 5) is 50.8. The first-order valence-electron chi connectivity index (χ1n) is 9.68. The Bertz CT molecular complexity index is 893. The number of imide groups is 1. The van der Waals surface area contributed by atoms with E-state index in [0.717, 1.165) is 13.0 Å². The Morgan fingerprint density at radius 3 is 2.69 bits per heavy atom. The van der Waals surface area contributed by atoms with Crippen LogP contribution in [0.2, 0.25) is 0 Å². The molecule has 0 bridgehead atoms. The van der Waals surface area contributed by atoms with Crippen LogP contribution in [0.1, 0.15) is 32.6 Å². The summed E-state index contributed by atoms with van der Waals surface area (Å²) in [7, 11) is 0. The van der Waals surface area contributed by atoms with Gasteiger partial charge in [0, 0.05) is 24.7 Å². The molecule has 2 heterocycles. The largest absolute Gasteiger partial charge is 0.465 e. The number of carbonyl (C=O) groups is 3. The molecule has 2 fully saturated rings. The van der Waals surface area contributed by atoms with Gasteiger partial charge in [-0.15, -0.1) is 0 Å². The standard InChI is InChI=1S/C19H22N4O6/c1-19(17(25)21-14-9-13(23(27)28)6-7-15(14)29-19)18(26)22(12-4-5-12)16(24)11-3-2-8-20-10-11/h6-7,9,11-12,20H,2-5,8,10H2,1H3,(H,21,25). The number of hydrogen-bond donors (Lipinski definition) is 2. The van der Waals surface area contributed by atoms with Crippen molar-refractivity contribution in [3.8, 4) is 5.75 Å². The van der Waals surface area contributed by atoms with Crippen LogP contribution < -0.4 is 15.4 Å². The third-order valence-corrected chi connectivity index (χ3v) is 5.59. The molecule has 29 heavy (non-hydrogen) atoms. The van der Waals surface area contributed by atoms with Gasteiger partial charge >= 0.3 is 0 Å². The molecular weight excluding hydrogens is 380 g/mol. The molecule has 3 aliphatic rings. The lowest BCUT2D eigenvalue weighted by atomic mass is 9.95. The van der Waals surface area contributed by atoms with Crippen LogP contribution >= 0.6 is 0 Å². The van der Waals surface area contributed by atoms with Crippen LogP contribution in [0.15, 0.2) is 18.2 Å². The van der Waals surface area contributed by atoms with E-state index in [4.69, 9.17) is 4.74 Å². The third-order valence-electron chi connectivity index (χ3n) is 5.59. The number of nitro benzene ring substituents is 1. The van der Waals surface area contributed by atoms with Crippen molar-refractivity contribution in [2.24, 2.45) is 5.92 Å². The Hall–Kier alpha value is -3.01. The summed E-state index contributed by atoms with van der Waals surface area (Å²) in [6.45, 7) is 2.68. The predicted octanol–water partition coefficient (Wildman–Crippen LogP) is 1.20. The highest BCUT2D eigenvalue weighted by molar-refractivity contribution is 6.18. The quantitative estimate of drug-likeness (QED) is 0.335. The summed E-state index contributed by atoms with van der Waals surface area (Å²) in [6.07, 6.45) is 2.96. The van der Waals surface area contributed by atoms with E-state index in [0.29, 0.717) is 25.8 Å². The second-order valence-corrected chi connectivity index (χ2v) is 7.81. The average molecular weight is 402 g/mol. The number of non-ortho nitro benzene ring substituents is 1. The van der Waals surface area contributed by atoms with Crippen molar-refractivity contribution < 1.29 is 24.0 Å². The maximum atomic E-state index is 13.4. The van der Waals surface area contributed by atoms with Gasteiger partial charge in [0.25, 0.3) is 23.1 Å². The highest BCUT2D eigenvalue weighted by atomic mass is 16.6. The summed E-state index contributed by atoms with van der Waals surface area (Å²) < 4.78 is 5.73. The monoisotopic (exact) mass is 402 g/mol. The van der Waals surface area contributed by atoms with Crippen molar-refractivity contribution in [3.63, 3.8) is 0 Å². The Labute approximate surface area is 166 Å². The molecule has 2 N–H and O–H groups in total. The van der Waals surface area contributed by atoms with E-state index in [1.54, 1.807) is 0 Å². The van der Waals surface area contributed by atoms with Crippen molar-refractivity contribution >= 4 is 29.1 Å². The second-order valence-electron chi connectivity index (χ2n) is 7.81. The maximum absolute atomic E-state index is 13.4. The third kappa shape index (κ3) is 3.44. The number of nitrogens with zero attached hydrogens (tertiary/aromatic N) is 2. The molecule has 10 heteroatoms. The Morgan fingerprint density at radius 1 is 1.31 bits per heavy atom. The van der Waals surface area contributed by atoms with E-state index in [1.807, 2.05) is 0 Å². The number of carbonyl (C=O) groups excluding carboxylic acids is 3. The molecule has 4 rings (SSSR count). The molecule has 1 saturated heterocycles. The molecule has 1 aromatic carbocycles. The molecule has 0 spiro atoms. The van der Waals surface area contributed by atoms with Crippen molar-refractivity contribution in [2.75, 3.05) is 18.4 Å². The molecule has 1 aromatic rings. The zero-order valence-corrected chi connectivity index (χ0v) is 16.0. The number of benzene rings is 1. The van der Waals surface area contributed by atoms with Crippen molar-refractivity contribution in [3.05, 3.63) is 28.3 Å². The molecule has 1 aliphatic carbocycles. The molecule has 0 radical (unpaired) electrons. The van der Waals surface area contributed by atoms with Crippen molar-refractivity contribution in [1.29, 1.82) is 0 Å². The summed E-state index contributed by atoms with van der Waals surface area (Å²) in [5.74, 6) is -1.89. The Balaban J connectivity index is 1.61. The maximum Gasteiger partial charge on any atom is 0.283 e. The number of hydrogen-bond acceptors (Lipinski definition) is 7. The average Bonchev–Trinajstić information content (AvgIpc) is 3.54. The van der Waals surface area contributed by atoms with Gasteiger partial charge in [-0.25, -0.2) is 0 Å². The number of piperidine rings is 1. The molecule has 2 unspecified atom stereocenters. The molecule has 2 aliphatic heterocycles. The molecule has 154 valence electrons. The van der Waals surface area contributed by atoms with Gasteiger partial charge in [0.2, 0.25) is 5.91 Å². The molecule has 0 aromatic heterocycles. The minimum Gasteiger partial charge on any atom is -0.465 e. The van der Waals surface area contributed by atoms with Gasteiger partial charge < -0.3 is 15.4 Å². The van der Waals surface area contributed by atoms with Gasteiger partial charge in [0.15, 0.2) is 0 Å². The topological polar surface area (TPSA) is 131 Å². The van der Waals surface area contributed by atoms with Gasteiger partial charge in [-0.05, 0) is 45.2 Å². The number of amides is 3. The number of anilines is 1. The van der Waals surface area contributed by atoms with Gasteiger partial charge in [0.1, 0.15) is 5.75 Å². The van der Waals surface area contributed by atoms with Crippen LogP contribution in [0, 0.1) is 16.0 Å². The summed E-state index contributed by atoms with van der Waals surface area (Å²) in [6, 6.07) is 3.53. The Kier molecular flexibility index (Phi) is 4.73. The fourth-order valence-corrected chi connectivity index (χ4v) is 3.73. The molecule has 1 saturated carbocycles. The van der Waals surface area contributed by atoms with Gasteiger partial charge in [-0.1, -0.05) is 0 Å². The molecular formula is C19H22N4O6. The van der Waals surface area contributed by atoms with E-state index >= 15 is 0 Å². The number of rotatable bonds is 4. The molecule has 10 nitrogen and oxygen atoms in total. The van der Waals surface area contributed by atoms with E-state index in [-0.39, 0.29) is 35.0 Å². The van der Waals surface area contributed by atoms with Crippen LogP contribution in [0.3, 0.4) is 0 Å². The van der Waals surface area contributed by atoms with E-state index < -0.39 is 22.3 Å². The van der Waals surface area contributed by atoms with Crippen LogP contribution in [0.25, 0.3) is 0 Å². The highest BCUT2D eigenvalue weighted by Gasteiger charge is 2.54. The molecule has 2 atom stereocenters. The SMILES string of the molecule is CC1(C(=O)N(C(=O)C2CCCNC2)C2CC2)Oc2ccc([N+](=O)[O-])cc2NC1=O. The van der Waals surface area contributed by atoms with Crippen LogP contribution in [0.4, 0.5) is 11.4 Å². The van der Waals surface area contributed by atoms with E-state index in [9.17, 15) is 24.5 Å². The van der Waals surface area contributed by atoms with Crippen LogP contribution in [-0.2, 0) is 14.4 Å².